The predicted octanol–water partition coefficient (Wildman–Crippen LogP) is 2.19. The Bertz CT molecular complexity index is 1510. The van der Waals surface area contributed by atoms with Gasteiger partial charge in [0.1, 0.15) is 57.9 Å². The first-order valence-electron chi connectivity index (χ1n) is 11.6. The van der Waals surface area contributed by atoms with Crippen LogP contribution >= 0.6 is 47.4 Å². The van der Waals surface area contributed by atoms with Crippen molar-refractivity contribution < 1.29 is 42.0 Å². The third kappa shape index (κ3) is 6.50. The van der Waals surface area contributed by atoms with Crippen molar-refractivity contribution in [1.29, 1.82) is 0 Å². The van der Waals surface area contributed by atoms with Gasteiger partial charge in [-0.3, -0.25) is 0 Å². The molecule has 0 amide bonds. The first kappa shape index (κ1) is 32.3. The van der Waals surface area contributed by atoms with Gasteiger partial charge in [-0.1, -0.05) is 46.1 Å². The molecule has 0 bridgehead atoms. The molecule has 1 aliphatic rings. The van der Waals surface area contributed by atoms with E-state index >= 15 is 0 Å². The smallest absolute Gasteiger partial charge is 0.210 e. The van der Waals surface area contributed by atoms with E-state index in [4.69, 9.17) is 44.3 Å². The topological polar surface area (TPSA) is 156 Å². The van der Waals surface area contributed by atoms with Crippen LogP contribution in [0.1, 0.15) is 5.56 Å². The van der Waals surface area contributed by atoms with Crippen LogP contribution in [0.25, 0.3) is 11.3 Å². The lowest BCUT2D eigenvalue weighted by Crippen LogP contribution is -2.68. The molecule has 0 spiro atoms. The number of ether oxygens (including phenoxy) is 2. The van der Waals surface area contributed by atoms with Gasteiger partial charge >= 0.3 is 0 Å². The number of benzene rings is 2. The van der Waals surface area contributed by atoms with E-state index in [-0.39, 0.29) is 26.9 Å². The van der Waals surface area contributed by atoms with Gasteiger partial charge in [-0.05, 0) is 29.8 Å². The van der Waals surface area contributed by atoms with Crippen molar-refractivity contribution in [2.75, 3.05) is 19.5 Å². The van der Waals surface area contributed by atoms with E-state index in [1.807, 2.05) is 4.72 Å². The molecule has 224 valence electrons. The van der Waals surface area contributed by atoms with Crippen LogP contribution in [0.5, 0.6) is 0 Å². The number of thiol groups is 1. The van der Waals surface area contributed by atoms with Gasteiger partial charge < -0.3 is 24.8 Å². The summed E-state index contributed by atoms with van der Waals surface area (Å²) < 4.78 is 66.3. The molecule has 2 heterocycles. The van der Waals surface area contributed by atoms with E-state index in [2.05, 4.69) is 22.9 Å². The summed E-state index contributed by atoms with van der Waals surface area (Å²) in [4.78, 5) is 0. The van der Waals surface area contributed by atoms with Crippen LogP contribution in [0.2, 0.25) is 15.1 Å². The fourth-order valence-electron chi connectivity index (χ4n) is 4.58. The van der Waals surface area contributed by atoms with E-state index in [0.29, 0.717) is 0 Å². The lowest BCUT2D eigenvalue weighted by Gasteiger charge is -2.51. The zero-order valence-corrected chi connectivity index (χ0v) is 24.8. The quantitative estimate of drug-likeness (QED) is 0.130. The van der Waals surface area contributed by atoms with Crippen LogP contribution in [-0.2, 0) is 25.0 Å². The molecule has 0 radical (unpaired) electrons. The van der Waals surface area contributed by atoms with Crippen molar-refractivity contribution >= 4 is 57.5 Å². The summed E-state index contributed by atoms with van der Waals surface area (Å²) in [6.45, 7) is -1.35. The van der Waals surface area contributed by atoms with Crippen molar-refractivity contribution in [2.45, 2.75) is 35.5 Å². The van der Waals surface area contributed by atoms with Crippen LogP contribution in [0.15, 0.2) is 36.5 Å². The van der Waals surface area contributed by atoms with Crippen molar-refractivity contribution in [3.8, 4) is 11.3 Å². The van der Waals surface area contributed by atoms with Crippen LogP contribution in [0, 0.1) is 11.6 Å². The maximum absolute atomic E-state index is 14.2. The third-order valence-electron chi connectivity index (χ3n) is 6.31. The first-order chi connectivity index (χ1) is 19.2. The van der Waals surface area contributed by atoms with E-state index in [1.54, 1.807) is 0 Å². The van der Waals surface area contributed by atoms with Crippen molar-refractivity contribution in [3.05, 3.63) is 68.8 Å². The molecule has 0 saturated carbocycles. The average molecular weight is 676 g/mol. The van der Waals surface area contributed by atoms with E-state index in [0.717, 1.165) is 23.1 Å². The number of aromatic nitrogens is 3. The fraction of sp³-hybridized carbons (Fsp3) is 0.391. The van der Waals surface area contributed by atoms with Gasteiger partial charge in [-0.2, -0.15) is 4.72 Å². The fourth-order valence-corrected chi connectivity index (χ4v) is 6.02. The standard InChI is InChI=1S/C23H23Cl3F2N4O7S2/c1-41(36,37)30-18(34)9-38-21-22(40)39-17(8-33)20(35)23(21,11-2-3-12(24)13(25)6-11)32-7-16(29-31-32)10-4-14(27)19(26)15(28)5-10/h2-7,17-18,20-22,30,33-35,40H,8-9H2,1H3/t17-,18?,20+,21+,22-,23+/m0/s1. The lowest BCUT2D eigenvalue weighted by atomic mass is 9.75. The minimum Gasteiger partial charge on any atom is -0.394 e. The number of sulfonamides is 1. The second-order valence-corrected chi connectivity index (χ2v) is 12.6. The number of hydrogen-bond acceptors (Lipinski definition) is 10. The molecular weight excluding hydrogens is 653 g/mol. The summed E-state index contributed by atoms with van der Waals surface area (Å²) in [5, 5.41) is 39.6. The number of nitrogens with one attached hydrogen (secondary N) is 1. The second kappa shape index (κ2) is 12.5. The number of aliphatic hydroxyl groups is 3. The highest BCUT2D eigenvalue weighted by Gasteiger charge is 2.59. The molecule has 1 unspecified atom stereocenters. The van der Waals surface area contributed by atoms with E-state index < -0.39 is 75.4 Å². The summed E-state index contributed by atoms with van der Waals surface area (Å²) >= 11 is 22.5. The van der Waals surface area contributed by atoms with Crippen molar-refractivity contribution in [2.24, 2.45) is 0 Å². The van der Waals surface area contributed by atoms with Gasteiger partial charge in [0.05, 0.1) is 35.7 Å². The Balaban J connectivity index is 1.92. The first-order valence-corrected chi connectivity index (χ1v) is 15.2. The minimum absolute atomic E-state index is 0.0483. The zero-order chi connectivity index (χ0) is 30.3. The Kier molecular flexibility index (Phi) is 9.87. The van der Waals surface area contributed by atoms with Crippen LogP contribution in [0.4, 0.5) is 8.78 Å². The minimum atomic E-state index is -3.84. The van der Waals surface area contributed by atoms with Gasteiger partial charge in [0, 0.05) is 5.56 Å². The number of hydrogen-bond donors (Lipinski definition) is 5. The summed E-state index contributed by atoms with van der Waals surface area (Å²) in [7, 11) is -3.84. The molecule has 18 heteroatoms. The molecule has 4 rings (SSSR count). The van der Waals surface area contributed by atoms with Crippen LogP contribution in [0.3, 0.4) is 0 Å². The lowest BCUT2D eigenvalue weighted by molar-refractivity contribution is -0.224. The number of nitrogens with zero attached hydrogens (tertiary/aromatic N) is 3. The van der Waals surface area contributed by atoms with Crippen molar-refractivity contribution in [1.82, 2.24) is 19.7 Å². The second-order valence-electron chi connectivity index (χ2n) is 9.11. The summed E-state index contributed by atoms with van der Waals surface area (Å²) in [5.74, 6) is -2.10. The molecule has 1 aliphatic heterocycles. The van der Waals surface area contributed by atoms with Crippen LogP contribution in [-0.4, -0.2) is 88.2 Å². The molecular formula is C23H23Cl3F2N4O7S2. The Morgan fingerprint density at radius 3 is 2.46 bits per heavy atom. The number of rotatable bonds is 9. The molecule has 41 heavy (non-hydrogen) atoms. The largest absolute Gasteiger partial charge is 0.394 e. The molecule has 2 aromatic carbocycles. The summed E-state index contributed by atoms with van der Waals surface area (Å²) in [6, 6.07) is 6.15. The zero-order valence-electron chi connectivity index (χ0n) is 20.8. The normalized spacial score (nSPS) is 25.8. The highest BCUT2D eigenvalue weighted by Crippen LogP contribution is 2.45. The average Bonchev–Trinajstić information content (AvgIpc) is 3.38. The highest BCUT2D eigenvalue weighted by molar-refractivity contribution is 7.88. The monoisotopic (exact) mass is 674 g/mol. The van der Waals surface area contributed by atoms with Gasteiger partial charge in [-0.25, -0.2) is 21.9 Å². The Morgan fingerprint density at radius 1 is 1.22 bits per heavy atom. The van der Waals surface area contributed by atoms with Gasteiger partial charge in [0.15, 0.2) is 0 Å². The maximum Gasteiger partial charge on any atom is 0.210 e. The molecule has 0 aliphatic carbocycles. The highest BCUT2D eigenvalue weighted by atomic mass is 35.5. The molecule has 1 saturated heterocycles. The predicted molar refractivity (Wildman–Crippen MR) is 148 cm³/mol. The molecule has 11 nitrogen and oxygen atoms in total. The molecule has 1 aromatic heterocycles. The molecule has 3 aromatic rings. The molecule has 1 fully saturated rings. The Morgan fingerprint density at radius 2 is 1.88 bits per heavy atom. The van der Waals surface area contributed by atoms with Gasteiger partial charge in [0.2, 0.25) is 10.0 Å². The van der Waals surface area contributed by atoms with E-state index in [9.17, 15) is 32.5 Å². The molecule has 6 atom stereocenters. The van der Waals surface area contributed by atoms with Crippen LogP contribution < -0.4 is 4.72 Å². The van der Waals surface area contributed by atoms with Gasteiger partial charge in [0.25, 0.3) is 0 Å². The summed E-state index contributed by atoms with van der Waals surface area (Å²) in [5.41, 5.74) is -3.06. The van der Waals surface area contributed by atoms with Gasteiger partial charge in [-0.15, -0.1) is 17.7 Å². The SMILES string of the molecule is CS(=O)(=O)NC(O)CO[C@@H]1[C@H](S)O[C@@H](CO)[C@@H](O)[C@@]1(c1ccc(Cl)c(Cl)c1)n1cc(-c2cc(F)c(Cl)c(F)c2)nn1. The Labute approximate surface area is 253 Å². The summed E-state index contributed by atoms with van der Waals surface area (Å²) in [6.07, 6.45) is -4.03. The molecule has 4 N–H and O–H groups in total. The third-order valence-corrected chi connectivity index (χ3v) is 8.50. The number of halogens is 5. The van der Waals surface area contributed by atoms with Crippen molar-refractivity contribution in [3.63, 3.8) is 0 Å². The Hall–Kier alpha value is -1.63. The maximum atomic E-state index is 14.2. The van der Waals surface area contributed by atoms with E-state index in [1.165, 1.54) is 24.4 Å². The number of aliphatic hydroxyl groups excluding tert-OH is 3.